The van der Waals surface area contributed by atoms with E-state index in [9.17, 15) is 0 Å². The zero-order valence-electron chi connectivity index (χ0n) is 13.1. The maximum absolute atomic E-state index is 2.90. The molecule has 1 aromatic carbocycles. The van der Waals surface area contributed by atoms with Gasteiger partial charge in [-0.2, -0.15) is 0 Å². The SMILES string of the molecule is C[C@H](Cc1ccccc1)N([Si](C)(C)C)[Si](C)(C)C. The topological polar surface area (TPSA) is 3.24 Å². The lowest BCUT2D eigenvalue weighted by Gasteiger charge is -2.47. The van der Waals surface area contributed by atoms with E-state index in [4.69, 9.17) is 0 Å². The highest BCUT2D eigenvalue weighted by Crippen LogP contribution is 2.24. The van der Waals surface area contributed by atoms with Crippen LogP contribution in [0.5, 0.6) is 0 Å². The Bertz CT molecular complexity index is 348. The quantitative estimate of drug-likeness (QED) is 0.713. The van der Waals surface area contributed by atoms with E-state index in [1.807, 2.05) is 0 Å². The fraction of sp³-hybridized carbons (Fsp3) is 0.600. The molecule has 1 aromatic rings. The molecule has 0 N–H and O–H groups in total. The highest BCUT2D eigenvalue weighted by atomic mass is 28.4. The summed E-state index contributed by atoms with van der Waals surface area (Å²) in [5.41, 5.74) is 1.46. The fourth-order valence-electron chi connectivity index (χ4n) is 3.38. The summed E-state index contributed by atoms with van der Waals surface area (Å²) in [5.74, 6) is 0. The standard InChI is InChI=1S/C15H29NSi2/c1-14(13-15-11-9-8-10-12-15)16(17(2,3)4)18(5,6)7/h8-12,14H,13H2,1-7H3/t14-/m1/s1. The maximum Gasteiger partial charge on any atom is 0.112 e. The normalized spacial score (nSPS) is 14.9. The summed E-state index contributed by atoms with van der Waals surface area (Å²) in [5, 5.41) is 0. The highest BCUT2D eigenvalue weighted by Gasteiger charge is 2.37. The molecule has 0 spiro atoms. The van der Waals surface area contributed by atoms with E-state index in [0.717, 1.165) is 0 Å². The molecule has 0 radical (unpaired) electrons. The average Bonchev–Trinajstić information content (AvgIpc) is 2.13. The Hall–Kier alpha value is -0.386. The van der Waals surface area contributed by atoms with Crippen LogP contribution >= 0.6 is 0 Å². The van der Waals surface area contributed by atoms with Crippen molar-refractivity contribution < 1.29 is 0 Å². The van der Waals surface area contributed by atoms with Crippen LogP contribution in [0.1, 0.15) is 12.5 Å². The predicted molar refractivity (Wildman–Crippen MR) is 88.1 cm³/mol. The minimum absolute atomic E-state index is 0.658. The largest absolute Gasteiger partial charge is 0.343 e. The fourth-order valence-corrected chi connectivity index (χ4v) is 14.3. The van der Waals surface area contributed by atoms with Gasteiger partial charge in [-0.15, -0.1) is 0 Å². The molecule has 1 rings (SSSR count). The van der Waals surface area contributed by atoms with Gasteiger partial charge in [-0.1, -0.05) is 76.5 Å². The first-order valence-corrected chi connectivity index (χ1v) is 13.8. The minimum Gasteiger partial charge on any atom is -0.343 e. The number of benzene rings is 1. The monoisotopic (exact) mass is 279 g/mol. The molecule has 0 saturated carbocycles. The van der Waals surface area contributed by atoms with Crippen molar-refractivity contribution in [2.75, 3.05) is 0 Å². The van der Waals surface area contributed by atoms with Crippen LogP contribution in [0.15, 0.2) is 30.3 Å². The van der Waals surface area contributed by atoms with Gasteiger partial charge in [0.25, 0.3) is 0 Å². The second-order valence-corrected chi connectivity index (χ2v) is 17.3. The molecular weight excluding hydrogens is 250 g/mol. The second kappa shape index (κ2) is 5.72. The van der Waals surface area contributed by atoms with Crippen molar-refractivity contribution in [1.82, 2.24) is 4.23 Å². The van der Waals surface area contributed by atoms with Crippen molar-refractivity contribution in [3.8, 4) is 0 Å². The van der Waals surface area contributed by atoms with E-state index in [0.29, 0.717) is 6.04 Å². The summed E-state index contributed by atoms with van der Waals surface area (Å²) in [6, 6.07) is 11.6. The lowest BCUT2D eigenvalue weighted by molar-refractivity contribution is 0.469. The van der Waals surface area contributed by atoms with Crippen LogP contribution in [-0.2, 0) is 6.42 Å². The van der Waals surface area contributed by atoms with Crippen molar-refractivity contribution >= 4 is 16.5 Å². The molecule has 0 bridgehead atoms. The number of hydrogen-bond donors (Lipinski definition) is 0. The maximum atomic E-state index is 2.90. The summed E-state index contributed by atoms with van der Waals surface area (Å²) in [6.07, 6.45) is 1.18. The van der Waals surface area contributed by atoms with Gasteiger partial charge in [0.1, 0.15) is 16.5 Å². The number of nitrogens with zero attached hydrogens (tertiary/aromatic N) is 1. The first kappa shape index (κ1) is 15.7. The van der Waals surface area contributed by atoms with Crippen molar-refractivity contribution in [2.24, 2.45) is 0 Å². The molecule has 1 atom stereocenters. The van der Waals surface area contributed by atoms with Gasteiger partial charge in [0, 0.05) is 0 Å². The summed E-state index contributed by atoms with van der Waals surface area (Å²) >= 11 is 0. The van der Waals surface area contributed by atoms with Crippen molar-refractivity contribution in [1.29, 1.82) is 0 Å². The molecule has 0 aromatic heterocycles. The van der Waals surface area contributed by atoms with Gasteiger partial charge in [-0.25, -0.2) is 0 Å². The van der Waals surface area contributed by atoms with Crippen molar-refractivity contribution in [3.63, 3.8) is 0 Å². The lowest BCUT2D eigenvalue weighted by atomic mass is 10.1. The van der Waals surface area contributed by atoms with Crippen LogP contribution < -0.4 is 0 Å². The van der Waals surface area contributed by atoms with Gasteiger partial charge in [0.2, 0.25) is 0 Å². The van der Waals surface area contributed by atoms with E-state index in [1.54, 1.807) is 0 Å². The minimum atomic E-state index is -1.24. The van der Waals surface area contributed by atoms with E-state index < -0.39 is 16.5 Å². The molecular formula is C15H29NSi2. The van der Waals surface area contributed by atoms with Crippen molar-refractivity contribution in [2.45, 2.75) is 58.7 Å². The molecule has 0 unspecified atom stereocenters. The molecule has 0 aliphatic carbocycles. The molecule has 0 aliphatic rings. The van der Waals surface area contributed by atoms with E-state index in [-0.39, 0.29) is 0 Å². The molecule has 18 heavy (non-hydrogen) atoms. The van der Waals surface area contributed by atoms with Crippen LogP contribution in [0.4, 0.5) is 0 Å². The van der Waals surface area contributed by atoms with Gasteiger partial charge >= 0.3 is 0 Å². The predicted octanol–water partition coefficient (Wildman–Crippen LogP) is 4.59. The third-order valence-electron chi connectivity index (χ3n) is 3.26. The summed E-state index contributed by atoms with van der Waals surface area (Å²) in [7, 11) is -2.49. The first-order valence-electron chi connectivity index (χ1n) is 6.96. The molecule has 0 amide bonds. The van der Waals surface area contributed by atoms with Gasteiger partial charge in [-0.3, -0.25) is 0 Å². The number of hydrogen-bond acceptors (Lipinski definition) is 1. The zero-order valence-corrected chi connectivity index (χ0v) is 15.1. The smallest absolute Gasteiger partial charge is 0.112 e. The summed E-state index contributed by atoms with van der Waals surface area (Å²) < 4.78 is 2.90. The van der Waals surface area contributed by atoms with E-state index in [2.05, 4.69) is 80.8 Å². The molecule has 1 nitrogen and oxygen atoms in total. The molecule has 3 heteroatoms. The molecule has 0 aliphatic heterocycles. The summed E-state index contributed by atoms with van der Waals surface area (Å²) in [6.45, 7) is 17.3. The lowest BCUT2D eigenvalue weighted by Crippen LogP contribution is -2.63. The first-order chi connectivity index (χ1) is 8.12. The van der Waals surface area contributed by atoms with Crippen LogP contribution in [0.3, 0.4) is 0 Å². The third kappa shape index (κ3) is 4.37. The Labute approximate surface area is 115 Å². The summed E-state index contributed by atoms with van der Waals surface area (Å²) in [4.78, 5) is 0. The molecule has 0 fully saturated rings. The Morgan fingerprint density at radius 2 is 1.33 bits per heavy atom. The van der Waals surface area contributed by atoms with Crippen molar-refractivity contribution in [3.05, 3.63) is 35.9 Å². The van der Waals surface area contributed by atoms with Gasteiger partial charge in [0.15, 0.2) is 0 Å². The van der Waals surface area contributed by atoms with Crippen LogP contribution in [0.25, 0.3) is 0 Å². The molecule has 0 saturated heterocycles. The third-order valence-corrected chi connectivity index (χ3v) is 11.1. The van der Waals surface area contributed by atoms with Gasteiger partial charge in [-0.05, 0) is 18.0 Å². The Kier molecular flexibility index (Phi) is 4.98. The van der Waals surface area contributed by atoms with E-state index in [1.165, 1.54) is 12.0 Å². The van der Waals surface area contributed by atoms with Crippen LogP contribution in [0.2, 0.25) is 39.3 Å². The Morgan fingerprint density at radius 3 is 1.72 bits per heavy atom. The van der Waals surface area contributed by atoms with Crippen LogP contribution in [0, 0.1) is 0 Å². The zero-order chi connectivity index (χ0) is 14.0. The Balaban J connectivity index is 2.88. The average molecular weight is 280 g/mol. The second-order valence-electron chi connectivity index (χ2n) is 7.25. The van der Waals surface area contributed by atoms with E-state index >= 15 is 0 Å². The Morgan fingerprint density at radius 1 is 0.889 bits per heavy atom. The van der Waals surface area contributed by atoms with Crippen LogP contribution in [-0.4, -0.2) is 26.7 Å². The molecule has 102 valence electrons. The molecule has 0 heterocycles. The van der Waals surface area contributed by atoms with Gasteiger partial charge < -0.3 is 4.23 Å². The number of rotatable bonds is 5. The highest BCUT2D eigenvalue weighted by molar-refractivity contribution is 6.89. The van der Waals surface area contributed by atoms with Gasteiger partial charge in [0.05, 0.1) is 0 Å².